The van der Waals surface area contributed by atoms with Gasteiger partial charge in [0.25, 0.3) is 0 Å². The molecule has 0 aromatic carbocycles. The van der Waals surface area contributed by atoms with Crippen molar-refractivity contribution >= 4 is 10.0 Å². The van der Waals surface area contributed by atoms with Gasteiger partial charge in [-0.25, -0.2) is 13.1 Å². The van der Waals surface area contributed by atoms with Gasteiger partial charge < -0.3 is 4.74 Å². The van der Waals surface area contributed by atoms with Crippen LogP contribution in [0.25, 0.3) is 0 Å². The summed E-state index contributed by atoms with van der Waals surface area (Å²) in [5, 5.41) is 0. The van der Waals surface area contributed by atoms with Gasteiger partial charge in [0, 0.05) is 19.8 Å². The fourth-order valence-electron chi connectivity index (χ4n) is 1.68. The van der Waals surface area contributed by atoms with E-state index in [1.165, 1.54) is 6.26 Å². The lowest BCUT2D eigenvalue weighted by atomic mass is 9.95. The lowest BCUT2D eigenvalue weighted by Gasteiger charge is -2.21. The van der Waals surface area contributed by atoms with Crippen molar-refractivity contribution in [2.45, 2.75) is 25.7 Å². The molecule has 5 heteroatoms. The topological polar surface area (TPSA) is 55.4 Å². The van der Waals surface area contributed by atoms with E-state index in [0.29, 0.717) is 6.54 Å². The van der Waals surface area contributed by atoms with Crippen molar-refractivity contribution in [3.8, 4) is 0 Å². The Hall–Kier alpha value is -0.130. The maximum atomic E-state index is 10.8. The van der Waals surface area contributed by atoms with E-state index in [4.69, 9.17) is 4.74 Å². The van der Waals surface area contributed by atoms with Gasteiger partial charge in [-0.1, -0.05) is 0 Å². The number of rotatable bonds is 5. The van der Waals surface area contributed by atoms with E-state index in [-0.39, 0.29) is 0 Å². The first-order valence-electron chi connectivity index (χ1n) is 5.10. The maximum absolute atomic E-state index is 10.8. The predicted molar refractivity (Wildman–Crippen MR) is 55.6 cm³/mol. The van der Waals surface area contributed by atoms with Gasteiger partial charge >= 0.3 is 0 Å². The molecular weight excluding hydrogens is 202 g/mol. The summed E-state index contributed by atoms with van der Waals surface area (Å²) in [6, 6.07) is 0. The third-order valence-corrected chi connectivity index (χ3v) is 3.22. The van der Waals surface area contributed by atoms with Crippen LogP contribution in [0.3, 0.4) is 0 Å². The molecule has 0 amide bonds. The molecule has 1 N–H and O–H groups in total. The van der Waals surface area contributed by atoms with Crippen LogP contribution in [0.15, 0.2) is 0 Å². The van der Waals surface area contributed by atoms with Crippen LogP contribution in [-0.4, -0.2) is 34.4 Å². The molecule has 0 bridgehead atoms. The molecule has 1 heterocycles. The van der Waals surface area contributed by atoms with Crippen molar-refractivity contribution in [1.82, 2.24) is 4.72 Å². The first-order chi connectivity index (χ1) is 6.58. The molecule has 0 aromatic heterocycles. The molecule has 14 heavy (non-hydrogen) atoms. The first-order valence-corrected chi connectivity index (χ1v) is 6.99. The van der Waals surface area contributed by atoms with Crippen LogP contribution < -0.4 is 4.72 Å². The monoisotopic (exact) mass is 221 g/mol. The summed E-state index contributed by atoms with van der Waals surface area (Å²) in [6.07, 6.45) is 5.48. The molecule has 1 aliphatic heterocycles. The minimum absolute atomic E-state index is 0.566. The van der Waals surface area contributed by atoms with Crippen LogP contribution in [0, 0.1) is 5.92 Å². The van der Waals surface area contributed by atoms with Crippen molar-refractivity contribution in [2.24, 2.45) is 5.92 Å². The molecule has 0 unspecified atom stereocenters. The van der Waals surface area contributed by atoms with E-state index in [2.05, 4.69) is 4.72 Å². The van der Waals surface area contributed by atoms with Gasteiger partial charge in [-0.15, -0.1) is 0 Å². The standard InChI is InChI=1S/C9H19NO3S/c1-14(11,12)10-6-2-3-9-4-7-13-8-5-9/h9-10H,2-8H2,1H3. The fraction of sp³-hybridized carbons (Fsp3) is 1.00. The SMILES string of the molecule is CS(=O)(=O)NCCCC1CCOCC1. The molecule has 0 radical (unpaired) electrons. The highest BCUT2D eigenvalue weighted by Crippen LogP contribution is 2.19. The molecule has 0 atom stereocenters. The Morgan fingerprint density at radius 3 is 2.57 bits per heavy atom. The van der Waals surface area contributed by atoms with Gasteiger partial charge in [-0.3, -0.25) is 0 Å². The van der Waals surface area contributed by atoms with Crippen LogP contribution in [0.5, 0.6) is 0 Å². The smallest absolute Gasteiger partial charge is 0.208 e. The quantitative estimate of drug-likeness (QED) is 0.697. The normalized spacial score (nSPS) is 19.8. The van der Waals surface area contributed by atoms with Gasteiger partial charge in [0.2, 0.25) is 10.0 Å². The average Bonchev–Trinajstić information content (AvgIpc) is 2.13. The fourth-order valence-corrected chi connectivity index (χ4v) is 2.20. The van der Waals surface area contributed by atoms with Crippen LogP contribution >= 0.6 is 0 Å². The van der Waals surface area contributed by atoms with Gasteiger partial charge in [0.05, 0.1) is 6.26 Å². The molecule has 1 fully saturated rings. The Bertz CT molecular complexity index is 245. The summed E-state index contributed by atoms with van der Waals surface area (Å²) in [7, 11) is -3.00. The average molecular weight is 221 g/mol. The van der Waals surface area contributed by atoms with E-state index >= 15 is 0 Å². The van der Waals surface area contributed by atoms with Gasteiger partial charge in [0.1, 0.15) is 0 Å². The van der Waals surface area contributed by atoms with Gasteiger partial charge in [-0.2, -0.15) is 0 Å². The minimum Gasteiger partial charge on any atom is -0.381 e. The number of nitrogens with one attached hydrogen (secondary N) is 1. The Labute approximate surface area is 86.1 Å². The van der Waals surface area contributed by atoms with Crippen molar-refractivity contribution in [3.05, 3.63) is 0 Å². The van der Waals surface area contributed by atoms with E-state index in [1.54, 1.807) is 0 Å². The third kappa shape index (κ3) is 5.57. The van der Waals surface area contributed by atoms with Crippen LogP contribution in [0.2, 0.25) is 0 Å². The lowest BCUT2D eigenvalue weighted by molar-refractivity contribution is 0.0634. The van der Waals surface area contributed by atoms with Gasteiger partial charge in [0.15, 0.2) is 0 Å². The van der Waals surface area contributed by atoms with E-state index in [1.807, 2.05) is 0 Å². The Balaban J connectivity index is 2.03. The Morgan fingerprint density at radius 2 is 2.00 bits per heavy atom. The van der Waals surface area contributed by atoms with E-state index in [0.717, 1.165) is 44.8 Å². The van der Waals surface area contributed by atoms with E-state index < -0.39 is 10.0 Å². The van der Waals surface area contributed by atoms with Crippen LogP contribution in [-0.2, 0) is 14.8 Å². The summed E-state index contributed by atoms with van der Waals surface area (Å²) < 4.78 is 29.3. The molecule has 0 aliphatic carbocycles. The molecule has 4 nitrogen and oxygen atoms in total. The number of hydrogen-bond acceptors (Lipinski definition) is 3. The minimum atomic E-state index is -3.00. The summed E-state index contributed by atoms with van der Waals surface area (Å²) in [6.45, 7) is 2.30. The molecule has 0 aromatic rings. The summed E-state index contributed by atoms with van der Waals surface area (Å²) >= 11 is 0. The summed E-state index contributed by atoms with van der Waals surface area (Å²) in [4.78, 5) is 0. The zero-order valence-corrected chi connectivity index (χ0v) is 9.48. The second kappa shape index (κ2) is 5.68. The van der Waals surface area contributed by atoms with Crippen molar-refractivity contribution < 1.29 is 13.2 Å². The number of hydrogen-bond donors (Lipinski definition) is 1. The third-order valence-electron chi connectivity index (χ3n) is 2.49. The summed E-state index contributed by atoms with van der Waals surface area (Å²) in [5.74, 6) is 0.727. The summed E-state index contributed by atoms with van der Waals surface area (Å²) in [5.41, 5.74) is 0. The molecule has 0 spiro atoms. The highest BCUT2D eigenvalue weighted by atomic mass is 32.2. The van der Waals surface area contributed by atoms with Crippen molar-refractivity contribution in [3.63, 3.8) is 0 Å². The first kappa shape index (κ1) is 11.9. The second-order valence-electron chi connectivity index (χ2n) is 3.86. The largest absolute Gasteiger partial charge is 0.381 e. The van der Waals surface area contributed by atoms with Gasteiger partial charge in [-0.05, 0) is 31.6 Å². The van der Waals surface area contributed by atoms with E-state index in [9.17, 15) is 8.42 Å². The highest BCUT2D eigenvalue weighted by Gasteiger charge is 2.13. The van der Waals surface area contributed by atoms with Crippen LogP contribution in [0.4, 0.5) is 0 Å². The zero-order chi connectivity index (χ0) is 10.4. The van der Waals surface area contributed by atoms with Crippen molar-refractivity contribution in [1.29, 1.82) is 0 Å². The van der Waals surface area contributed by atoms with Crippen LogP contribution in [0.1, 0.15) is 25.7 Å². The lowest BCUT2D eigenvalue weighted by Crippen LogP contribution is -2.24. The molecule has 1 rings (SSSR count). The second-order valence-corrected chi connectivity index (χ2v) is 5.70. The maximum Gasteiger partial charge on any atom is 0.208 e. The molecule has 0 saturated carbocycles. The Morgan fingerprint density at radius 1 is 1.36 bits per heavy atom. The molecule has 1 saturated heterocycles. The molecule has 1 aliphatic rings. The number of sulfonamides is 1. The molecular formula is C9H19NO3S. The highest BCUT2D eigenvalue weighted by molar-refractivity contribution is 7.88. The zero-order valence-electron chi connectivity index (χ0n) is 8.66. The predicted octanol–water partition coefficient (Wildman–Crippen LogP) is 0.742. The number of ether oxygens (including phenoxy) is 1. The Kier molecular flexibility index (Phi) is 4.84. The molecule has 84 valence electrons. The van der Waals surface area contributed by atoms with Crippen molar-refractivity contribution in [2.75, 3.05) is 26.0 Å².